The van der Waals surface area contributed by atoms with Crippen LogP contribution < -0.4 is 0 Å². The zero-order chi connectivity index (χ0) is 27.1. The molecule has 0 aliphatic heterocycles. The predicted molar refractivity (Wildman–Crippen MR) is 150 cm³/mol. The maximum atomic E-state index is 12.0. The highest BCUT2D eigenvalue weighted by Crippen LogP contribution is 2.24. The lowest BCUT2D eigenvalue weighted by Crippen LogP contribution is -2.32. The van der Waals surface area contributed by atoms with Crippen LogP contribution in [0.25, 0.3) is 0 Å². The summed E-state index contributed by atoms with van der Waals surface area (Å²) >= 11 is 0. The van der Waals surface area contributed by atoms with Crippen molar-refractivity contribution in [2.75, 3.05) is 13.2 Å². The summed E-state index contributed by atoms with van der Waals surface area (Å²) in [6.45, 7) is 9.91. The summed E-state index contributed by atoms with van der Waals surface area (Å²) < 4.78 is 21.4. The molecule has 1 fully saturated rings. The Morgan fingerprint density at radius 1 is 0.568 bits per heavy atom. The van der Waals surface area contributed by atoms with Crippen molar-refractivity contribution in [2.45, 2.75) is 162 Å². The SMILES string of the molecule is CC(C)CCCCCCCCCOC(=O)OC1CCCC(OC(=O)OCCCCCCCCC(C)C)C1. The minimum absolute atomic E-state index is 0.263. The molecular formula is C31H58O6. The predicted octanol–water partition coefficient (Wildman–Crippen LogP) is 9.77. The van der Waals surface area contributed by atoms with E-state index in [0.717, 1.165) is 56.8 Å². The van der Waals surface area contributed by atoms with E-state index in [4.69, 9.17) is 18.9 Å². The summed E-state index contributed by atoms with van der Waals surface area (Å²) in [6.07, 6.45) is 19.2. The third kappa shape index (κ3) is 21.2. The number of unbranched alkanes of at least 4 members (excludes halogenated alkanes) is 11. The molecule has 0 aromatic rings. The van der Waals surface area contributed by atoms with Crippen LogP contribution in [0.5, 0.6) is 0 Å². The number of rotatable bonds is 21. The van der Waals surface area contributed by atoms with E-state index in [0.29, 0.717) is 19.6 Å². The van der Waals surface area contributed by atoms with E-state index in [1.165, 1.54) is 70.6 Å². The molecule has 6 heteroatoms. The zero-order valence-electron chi connectivity index (χ0n) is 24.6. The van der Waals surface area contributed by atoms with Gasteiger partial charge >= 0.3 is 12.3 Å². The first-order valence-electron chi connectivity index (χ1n) is 15.5. The first-order valence-corrected chi connectivity index (χ1v) is 15.5. The Bertz CT molecular complexity index is 562. The molecule has 1 rings (SSSR count). The van der Waals surface area contributed by atoms with Crippen molar-refractivity contribution in [1.82, 2.24) is 0 Å². The molecule has 0 radical (unpaired) electrons. The van der Waals surface area contributed by atoms with Crippen LogP contribution in [-0.4, -0.2) is 37.7 Å². The number of carbonyl (C=O) groups excluding carboxylic acids is 2. The molecule has 0 amide bonds. The highest BCUT2D eigenvalue weighted by Gasteiger charge is 2.28. The van der Waals surface area contributed by atoms with Crippen LogP contribution in [0.3, 0.4) is 0 Å². The minimum atomic E-state index is -0.606. The molecule has 6 nitrogen and oxygen atoms in total. The van der Waals surface area contributed by atoms with Gasteiger partial charge in [0.15, 0.2) is 0 Å². The fourth-order valence-corrected chi connectivity index (χ4v) is 4.87. The first-order chi connectivity index (χ1) is 17.9. The van der Waals surface area contributed by atoms with E-state index in [-0.39, 0.29) is 12.2 Å². The van der Waals surface area contributed by atoms with Crippen molar-refractivity contribution in [1.29, 1.82) is 0 Å². The molecule has 0 heterocycles. The van der Waals surface area contributed by atoms with Gasteiger partial charge in [-0.1, -0.05) is 111 Å². The minimum Gasteiger partial charge on any atom is -0.434 e. The van der Waals surface area contributed by atoms with E-state index in [2.05, 4.69) is 27.7 Å². The second kappa shape index (κ2) is 22.5. The Kier molecular flexibility index (Phi) is 20.4. The molecule has 0 saturated heterocycles. The number of carbonyl (C=O) groups is 2. The summed E-state index contributed by atoms with van der Waals surface area (Å²) in [7, 11) is 0. The summed E-state index contributed by atoms with van der Waals surface area (Å²) in [5, 5.41) is 0. The van der Waals surface area contributed by atoms with Gasteiger partial charge in [-0.2, -0.15) is 0 Å². The van der Waals surface area contributed by atoms with Crippen molar-refractivity contribution in [2.24, 2.45) is 11.8 Å². The van der Waals surface area contributed by atoms with Gasteiger partial charge in [0.2, 0.25) is 0 Å². The second-order valence-electron chi connectivity index (χ2n) is 11.8. The Balaban J connectivity index is 1.99. The van der Waals surface area contributed by atoms with Crippen LogP contribution in [0.4, 0.5) is 9.59 Å². The van der Waals surface area contributed by atoms with Crippen molar-refractivity contribution in [3.63, 3.8) is 0 Å². The van der Waals surface area contributed by atoms with Gasteiger partial charge in [-0.3, -0.25) is 0 Å². The van der Waals surface area contributed by atoms with Crippen LogP contribution in [-0.2, 0) is 18.9 Å². The van der Waals surface area contributed by atoms with E-state index < -0.39 is 12.3 Å². The van der Waals surface area contributed by atoms with E-state index in [9.17, 15) is 9.59 Å². The first kappa shape index (κ1) is 33.6. The van der Waals surface area contributed by atoms with Crippen LogP contribution in [0, 0.1) is 11.8 Å². The van der Waals surface area contributed by atoms with Crippen molar-refractivity contribution < 1.29 is 28.5 Å². The molecule has 1 aliphatic carbocycles. The van der Waals surface area contributed by atoms with Gasteiger partial charge < -0.3 is 18.9 Å². The molecule has 1 saturated carbocycles. The molecule has 218 valence electrons. The molecule has 0 aromatic heterocycles. The summed E-state index contributed by atoms with van der Waals surface area (Å²) in [5.74, 6) is 1.59. The van der Waals surface area contributed by atoms with Gasteiger partial charge in [-0.15, -0.1) is 0 Å². The lowest BCUT2D eigenvalue weighted by molar-refractivity contribution is -0.0350. The van der Waals surface area contributed by atoms with Crippen LogP contribution >= 0.6 is 0 Å². The lowest BCUT2D eigenvalue weighted by atomic mass is 9.95. The summed E-state index contributed by atoms with van der Waals surface area (Å²) in [6, 6.07) is 0. The number of hydrogen-bond acceptors (Lipinski definition) is 6. The van der Waals surface area contributed by atoms with Gasteiger partial charge in [-0.25, -0.2) is 9.59 Å². The van der Waals surface area contributed by atoms with Crippen LogP contribution in [0.1, 0.15) is 150 Å². The molecule has 0 N–H and O–H groups in total. The average Bonchev–Trinajstić information content (AvgIpc) is 2.84. The van der Waals surface area contributed by atoms with E-state index in [1.807, 2.05) is 0 Å². The molecule has 0 bridgehead atoms. The fourth-order valence-electron chi connectivity index (χ4n) is 4.87. The fraction of sp³-hybridized carbons (Fsp3) is 0.935. The Hall–Kier alpha value is -1.46. The highest BCUT2D eigenvalue weighted by molar-refractivity contribution is 5.60. The Labute approximate surface area is 227 Å². The molecule has 0 spiro atoms. The van der Waals surface area contributed by atoms with Crippen molar-refractivity contribution in [3.05, 3.63) is 0 Å². The van der Waals surface area contributed by atoms with Gasteiger partial charge in [0.25, 0.3) is 0 Å². The van der Waals surface area contributed by atoms with E-state index >= 15 is 0 Å². The third-order valence-corrected chi connectivity index (χ3v) is 7.15. The largest absolute Gasteiger partial charge is 0.508 e. The molecular weight excluding hydrogens is 468 g/mol. The van der Waals surface area contributed by atoms with Gasteiger partial charge in [-0.05, 0) is 43.9 Å². The summed E-state index contributed by atoms with van der Waals surface area (Å²) in [5.41, 5.74) is 0. The second-order valence-corrected chi connectivity index (χ2v) is 11.8. The molecule has 1 aliphatic rings. The topological polar surface area (TPSA) is 71.1 Å². The lowest BCUT2D eigenvalue weighted by Gasteiger charge is -2.28. The van der Waals surface area contributed by atoms with E-state index in [1.54, 1.807) is 0 Å². The number of hydrogen-bond donors (Lipinski definition) is 0. The highest BCUT2D eigenvalue weighted by atomic mass is 16.7. The zero-order valence-corrected chi connectivity index (χ0v) is 24.6. The Morgan fingerprint density at radius 2 is 0.919 bits per heavy atom. The number of ether oxygens (including phenoxy) is 4. The third-order valence-electron chi connectivity index (χ3n) is 7.15. The maximum absolute atomic E-state index is 12.0. The average molecular weight is 527 g/mol. The van der Waals surface area contributed by atoms with Gasteiger partial charge in [0, 0.05) is 6.42 Å². The quantitative estimate of drug-likeness (QED) is 0.109. The van der Waals surface area contributed by atoms with Gasteiger partial charge in [0.1, 0.15) is 12.2 Å². The maximum Gasteiger partial charge on any atom is 0.508 e. The van der Waals surface area contributed by atoms with Crippen LogP contribution in [0.2, 0.25) is 0 Å². The monoisotopic (exact) mass is 526 g/mol. The Morgan fingerprint density at radius 3 is 1.30 bits per heavy atom. The normalized spacial score (nSPS) is 17.7. The molecule has 37 heavy (non-hydrogen) atoms. The van der Waals surface area contributed by atoms with Crippen LogP contribution in [0.15, 0.2) is 0 Å². The molecule has 2 unspecified atom stereocenters. The van der Waals surface area contributed by atoms with Crippen molar-refractivity contribution >= 4 is 12.3 Å². The standard InChI is InChI=1S/C31H58O6/c1-26(2)19-14-10-6-5-8-12-16-23-34-30(32)36-28-21-18-22-29(25-28)37-31(33)35-24-17-13-9-7-11-15-20-27(3)4/h26-29H,5-25H2,1-4H3. The smallest absolute Gasteiger partial charge is 0.434 e. The molecule has 0 aromatic carbocycles. The van der Waals surface area contributed by atoms with Gasteiger partial charge in [0.05, 0.1) is 13.2 Å². The summed E-state index contributed by atoms with van der Waals surface area (Å²) in [4.78, 5) is 24.1. The van der Waals surface area contributed by atoms with Crippen molar-refractivity contribution in [3.8, 4) is 0 Å². The molecule has 2 atom stereocenters.